The number of carboxylic acid groups (broad SMARTS) is 4. The fourth-order valence-corrected chi connectivity index (χ4v) is 6.62. The van der Waals surface area contributed by atoms with Crippen LogP contribution in [0.25, 0.3) is 0 Å². The third-order valence-corrected chi connectivity index (χ3v) is 10.7. The number of hydrogen-bond acceptors (Lipinski definition) is 12. The van der Waals surface area contributed by atoms with Crippen LogP contribution in [-0.2, 0) is 38.3 Å². The van der Waals surface area contributed by atoms with Crippen LogP contribution in [0.2, 0.25) is 0 Å². The molecular formula is C33H52Br2N6O12. The van der Waals surface area contributed by atoms with Gasteiger partial charge in [-0.15, -0.1) is 0 Å². The lowest BCUT2D eigenvalue weighted by atomic mass is 9.92. The first-order valence-electron chi connectivity index (χ1n) is 17.2. The normalized spacial score (nSPS) is 18.8. The number of ether oxygens (including phenoxy) is 1. The number of carboxylic acids is 4. The fourth-order valence-electron chi connectivity index (χ4n) is 5.86. The van der Waals surface area contributed by atoms with E-state index < -0.39 is 52.6 Å². The van der Waals surface area contributed by atoms with Gasteiger partial charge in [-0.25, -0.2) is 0 Å². The Morgan fingerprint density at radius 1 is 0.698 bits per heavy atom. The number of carbonyl (C=O) groups is 7. The van der Waals surface area contributed by atoms with Crippen molar-refractivity contribution in [2.75, 3.05) is 98.3 Å². The second-order valence-electron chi connectivity index (χ2n) is 14.9. The van der Waals surface area contributed by atoms with Gasteiger partial charge in [0.15, 0.2) is 0 Å². The number of carbonyl (C=O) groups excluding carboxylic acids is 3. The highest BCUT2D eigenvalue weighted by Gasteiger charge is 2.39. The number of imide groups is 1. The summed E-state index contributed by atoms with van der Waals surface area (Å²) in [5.74, 6) is -5.70. The van der Waals surface area contributed by atoms with Crippen molar-refractivity contribution in [1.29, 1.82) is 0 Å². The predicted molar refractivity (Wildman–Crippen MR) is 197 cm³/mol. The van der Waals surface area contributed by atoms with Gasteiger partial charge in [0, 0.05) is 82.7 Å². The molecule has 53 heavy (non-hydrogen) atoms. The van der Waals surface area contributed by atoms with Crippen molar-refractivity contribution in [3.05, 3.63) is 8.96 Å². The number of aliphatic carboxylic acids is 4. The van der Waals surface area contributed by atoms with Crippen LogP contribution >= 0.6 is 31.9 Å². The van der Waals surface area contributed by atoms with Crippen LogP contribution < -0.4 is 5.32 Å². The minimum absolute atomic E-state index is 0.0639. The quantitative estimate of drug-likeness (QED) is 0.109. The zero-order valence-corrected chi connectivity index (χ0v) is 33.8. The molecule has 0 spiro atoms. The smallest absolute Gasteiger partial charge is 0.320 e. The summed E-state index contributed by atoms with van der Waals surface area (Å²) in [7, 11) is 0. The van der Waals surface area contributed by atoms with Crippen molar-refractivity contribution in [3.63, 3.8) is 0 Å². The maximum atomic E-state index is 13.0. The van der Waals surface area contributed by atoms with Crippen molar-refractivity contribution in [2.45, 2.75) is 46.6 Å². The standard InChI is InChI=1S/C33H52Br2N6O12/c1-32(2,20-53-21-33(3,4)19-41-29(49)27(34)28(35)30(41)50)18-36-23(42)6-5-22(31(51)52)40-13-11-38(16-25(45)46)9-7-37(15-24(43)44)8-10-39(12-14-40)17-26(47)48/h22H,5-21H2,1-4H3,(H,36,42)(H,43,44)(H,45,46)(H,47,48)(H,51,52). The molecule has 300 valence electrons. The lowest BCUT2D eigenvalue weighted by Crippen LogP contribution is -2.52. The molecule has 0 aromatic heterocycles. The maximum absolute atomic E-state index is 13.0. The van der Waals surface area contributed by atoms with Crippen LogP contribution in [0.3, 0.4) is 0 Å². The zero-order chi connectivity index (χ0) is 40.1. The van der Waals surface area contributed by atoms with Crippen molar-refractivity contribution in [1.82, 2.24) is 29.8 Å². The molecule has 2 aliphatic rings. The van der Waals surface area contributed by atoms with Gasteiger partial charge in [-0.05, 0) is 38.3 Å². The first kappa shape index (κ1) is 46.1. The lowest BCUT2D eigenvalue weighted by molar-refractivity contribution is -0.145. The van der Waals surface area contributed by atoms with Crippen LogP contribution in [0.1, 0.15) is 40.5 Å². The van der Waals surface area contributed by atoms with Gasteiger partial charge in [-0.3, -0.25) is 58.1 Å². The highest BCUT2D eigenvalue weighted by Crippen LogP contribution is 2.32. The Morgan fingerprint density at radius 3 is 1.49 bits per heavy atom. The molecule has 18 nitrogen and oxygen atoms in total. The summed E-state index contributed by atoms with van der Waals surface area (Å²) in [6.07, 6.45) is -0.193. The number of amides is 3. The number of nitrogens with one attached hydrogen (secondary N) is 1. The van der Waals surface area contributed by atoms with E-state index in [2.05, 4.69) is 37.2 Å². The van der Waals surface area contributed by atoms with Gasteiger partial charge in [0.25, 0.3) is 11.8 Å². The van der Waals surface area contributed by atoms with Crippen molar-refractivity contribution >= 4 is 73.5 Å². The number of nitrogens with zero attached hydrogens (tertiary/aromatic N) is 5. The summed E-state index contributed by atoms with van der Waals surface area (Å²) in [4.78, 5) is 92.5. The van der Waals surface area contributed by atoms with Gasteiger partial charge in [0.1, 0.15) is 15.0 Å². The first-order valence-corrected chi connectivity index (χ1v) is 18.7. The largest absolute Gasteiger partial charge is 0.480 e. The summed E-state index contributed by atoms with van der Waals surface area (Å²) >= 11 is 6.24. The second kappa shape index (κ2) is 21.2. The molecular weight excluding hydrogens is 832 g/mol. The highest BCUT2D eigenvalue weighted by atomic mass is 79.9. The van der Waals surface area contributed by atoms with Crippen molar-refractivity contribution in [3.8, 4) is 0 Å². The summed E-state index contributed by atoms with van der Waals surface area (Å²) < 4.78 is 6.29. The van der Waals surface area contributed by atoms with Gasteiger partial charge in [0.2, 0.25) is 5.91 Å². The van der Waals surface area contributed by atoms with Crippen LogP contribution in [0, 0.1) is 10.8 Å². The van der Waals surface area contributed by atoms with E-state index in [1.54, 1.807) is 19.6 Å². The van der Waals surface area contributed by atoms with E-state index in [1.807, 2.05) is 27.7 Å². The Bertz CT molecular complexity index is 1340. The van der Waals surface area contributed by atoms with E-state index in [0.717, 1.165) is 4.90 Å². The average molecular weight is 885 g/mol. The Kier molecular flexibility index (Phi) is 18.4. The van der Waals surface area contributed by atoms with Gasteiger partial charge in [-0.2, -0.15) is 0 Å². The molecule has 1 unspecified atom stereocenters. The minimum Gasteiger partial charge on any atom is -0.480 e. The molecule has 0 aliphatic carbocycles. The molecule has 0 radical (unpaired) electrons. The molecule has 2 heterocycles. The SMILES string of the molecule is CC(C)(CNC(=O)CCC(C(=O)O)N1CCN(CC(=O)O)CCN(CC(=O)O)CCN(CC(=O)O)CC1)COCC(C)(C)CN1C(=O)C(Br)=C(Br)C1=O. The third kappa shape index (κ3) is 16.5. The minimum atomic E-state index is -1.18. The monoisotopic (exact) mass is 882 g/mol. The molecule has 0 bridgehead atoms. The molecule has 0 aromatic carbocycles. The van der Waals surface area contributed by atoms with E-state index >= 15 is 0 Å². The Labute approximate surface area is 325 Å². The molecule has 0 aromatic rings. The van der Waals surface area contributed by atoms with Gasteiger partial charge in [-0.1, -0.05) is 27.7 Å². The van der Waals surface area contributed by atoms with Gasteiger partial charge in [0.05, 0.1) is 32.8 Å². The summed E-state index contributed by atoms with van der Waals surface area (Å²) in [6, 6.07) is -1.13. The number of hydrogen-bond donors (Lipinski definition) is 5. The van der Waals surface area contributed by atoms with Gasteiger partial charge < -0.3 is 30.5 Å². The molecule has 2 rings (SSSR count). The number of halogens is 2. The van der Waals surface area contributed by atoms with Crippen LogP contribution in [0.15, 0.2) is 8.96 Å². The van der Waals surface area contributed by atoms with Crippen LogP contribution in [0.5, 0.6) is 0 Å². The first-order chi connectivity index (χ1) is 24.6. The topological polar surface area (TPSA) is 238 Å². The van der Waals surface area contributed by atoms with Crippen LogP contribution in [-0.4, -0.2) is 191 Å². The lowest BCUT2D eigenvalue weighted by Gasteiger charge is -2.35. The Balaban J connectivity index is 2.01. The van der Waals surface area contributed by atoms with E-state index in [-0.39, 0.29) is 126 Å². The van der Waals surface area contributed by atoms with Crippen molar-refractivity contribution in [2.24, 2.45) is 10.8 Å². The summed E-state index contributed by atoms with van der Waals surface area (Å²) in [5.41, 5.74) is -1.09. The van der Waals surface area contributed by atoms with E-state index in [4.69, 9.17) is 4.74 Å². The molecule has 5 N–H and O–H groups in total. The molecule has 1 saturated heterocycles. The molecule has 20 heteroatoms. The van der Waals surface area contributed by atoms with E-state index in [9.17, 15) is 54.0 Å². The highest BCUT2D eigenvalue weighted by molar-refractivity contribution is 9.14. The van der Waals surface area contributed by atoms with E-state index in [1.165, 1.54) is 0 Å². The molecule has 1 fully saturated rings. The molecule has 3 amide bonds. The maximum Gasteiger partial charge on any atom is 0.320 e. The summed E-state index contributed by atoms with van der Waals surface area (Å²) in [6.45, 7) is 8.60. The van der Waals surface area contributed by atoms with Crippen LogP contribution in [0.4, 0.5) is 0 Å². The second-order valence-corrected chi connectivity index (χ2v) is 16.4. The average Bonchev–Trinajstić information content (AvgIpc) is 3.21. The van der Waals surface area contributed by atoms with Gasteiger partial charge >= 0.3 is 23.9 Å². The van der Waals surface area contributed by atoms with Crippen molar-refractivity contribution < 1.29 is 58.7 Å². The van der Waals surface area contributed by atoms with E-state index in [0.29, 0.717) is 0 Å². The number of rotatable bonds is 19. The molecule has 2 aliphatic heterocycles. The Hall–Kier alpha value is -3.01. The fraction of sp³-hybridized carbons (Fsp3) is 0.727. The molecule has 0 saturated carbocycles. The predicted octanol–water partition coefficient (Wildman–Crippen LogP) is 0.251. The summed E-state index contributed by atoms with van der Waals surface area (Å²) in [5, 5.41) is 41.3. The third-order valence-electron chi connectivity index (χ3n) is 8.71. The molecule has 1 atom stereocenters. The zero-order valence-electron chi connectivity index (χ0n) is 30.6. The Morgan fingerprint density at radius 2 is 1.09 bits per heavy atom.